The van der Waals surface area contributed by atoms with Crippen molar-refractivity contribution >= 4 is 11.6 Å². The summed E-state index contributed by atoms with van der Waals surface area (Å²) in [4.78, 5) is 2.35. The average molecular weight is 269 g/mol. The molecule has 0 aliphatic carbocycles. The summed E-state index contributed by atoms with van der Waals surface area (Å²) < 4.78 is 0. The summed E-state index contributed by atoms with van der Waals surface area (Å²) in [5, 5.41) is 4.26. The normalized spacial score (nSPS) is 11.4. The van der Waals surface area contributed by atoms with Crippen molar-refractivity contribution in [1.29, 1.82) is 0 Å². The van der Waals surface area contributed by atoms with E-state index in [4.69, 9.17) is 11.6 Å². The van der Waals surface area contributed by atoms with Crippen molar-refractivity contribution in [3.63, 3.8) is 0 Å². The molecule has 0 fully saturated rings. The highest BCUT2D eigenvalue weighted by molar-refractivity contribution is 6.30. The smallest absolute Gasteiger partial charge is 0.0409 e. The third-order valence-corrected chi connectivity index (χ3v) is 3.10. The Hall–Kier alpha value is -0.570. The maximum absolute atomic E-state index is 5.98. The molecule has 0 saturated carbocycles. The number of nitrogens with one attached hydrogen (secondary N) is 1. The minimum Gasteiger partial charge on any atom is -0.315 e. The monoisotopic (exact) mass is 268 g/mol. The van der Waals surface area contributed by atoms with Gasteiger partial charge < -0.3 is 10.2 Å². The van der Waals surface area contributed by atoms with Crippen molar-refractivity contribution in [3.05, 3.63) is 34.9 Å². The quantitative estimate of drug-likeness (QED) is 0.726. The second-order valence-electron chi connectivity index (χ2n) is 5.18. The zero-order valence-corrected chi connectivity index (χ0v) is 12.5. The average Bonchev–Trinajstić information content (AvgIpc) is 2.28. The lowest BCUT2D eigenvalue weighted by Gasteiger charge is -2.17. The third kappa shape index (κ3) is 7.00. The summed E-state index contributed by atoms with van der Waals surface area (Å²) in [6, 6.07) is 8.69. The first kappa shape index (κ1) is 15.5. The van der Waals surface area contributed by atoms with E-state index in [1.165, 1.54) is 18.4 Å². The van der Waals surface area contributed by atoms with E-state index in [1.807, 2.05) is 18.2 Å². The number of rotatable bonds is 8. The Kier molecular flexibility index (Phi) is 7.33. The standard InChI is InChI=1S/C15H25ClN2/c1-13(2)17-9-4-5-10-18(3)12-14-7-6-8-15(16)11-14/h6-8,11,13,17H,4-5,9-10,12H2,1-3H3. The fourth-order valence-corrected chi connectivity index (χ4v) is 2.14. The topological polar surface area (TPSA) is 15.3 Å². The van der Waals surface area contributed by atoms with Crippen molar-refractivity contribution < 1.29 is 0 Å². The van der Waals surface area contributed by atoms with Gasteiger partial charge >= 0.3 is 0 Å². The third-order valence-electron chi connectivity index (χ3n) is 2.86. The maximum atomic E-state index is 5.98. The van der Waals surface area contributed by atoms with Crippen molar-refractivity contribution in [2.24, 2.45) is 0 Å². The van der Waals surface area contributed by atoms with Crippen LogP contribution in [-0.4, -0.2) is 31.1 Å². The zero-order valence-electron chi connectivity index (χ0n) is 11.7. The molecule has 1 rings (SSSR count). The molecule has 3 heteroatoms. The molecule has 0 atom stereocenters. The molecule has 0 aliphatic rings. The van der Waals surface area contributed by atoms with E-state index < -0.39 is 0 Å². The largest absolute Gasteiger partial charge is 0.315 e. The van der Waals surface area contributed by atoms with Gasteiger partial charge in [-0.05, 0) is 50.7 Å². The molecule has 0 unspecified atom stereocenters. The second-order valence-corrected chi connectivity index (χ2v) is 5.62. The van der Waals surface area contributed by atoms with Crippen LogP contribution in [0.4, 0.5) is 0 Å². The fourth-order valence-electron chi connectivity index (χ4n) is 1.92. The number of hydrogen-bond donors (Lipinski definition) is 1. The van der Waals surface area contributed by atoms with Crippen LogP contribution in [0.25, 0.3) is 0 Å². The van der Waals surface area contributed by atoms with Gasteiger partial charge in [0.15, 0.2) is 0 Å². The molecular formula is C15H25ClN2. The first-order chi connectivity index (χ1) is 8.58. The molecule has 0 aliphatic heterocycles. The molecule has 0 radical (unpaired) electrons. The van der Waals surface area contributed by atoms with Gasteiger partial charge in [-0.2, -0.15) is 0 Å². The van der Waals surface area contributed by atoms with Gasteiger partial charge in [0.25, 0.3) is 0 Å². The highest BCUT2D eigenvalue weighted by Gasteiger charge is 2.01. The Morgan fingerprint density at radius 1 is 1.28 bits per heavy atom. The predicted molar refractivity (Wildman–Crippen MR) is 80.2 cm³/mol. The van der Waals surface area contributed by atoms with Crippen LogP contribution in [0.3, 0.4) is 0 Å². The van der Waals surface area contributed by atoms with Crippen LogP contribution in [0.5, 0.6) is 0 Å². The number of benzene rings is 1. The van der Waals surface area contributed by atoms with Crippen LogP contribution in [-0.2, 0) is 6.54 Å². The first-order valence-electron chi connectivity index (χ1n) is 6.74. The Labute approximate surface area is 116 Å². The van der Waals surface area contributed by atoms with Crippen molar-refractivity contribution in [2.45, 2.75) is 39.3 Å². The minimum atomic E-state index is 0.592. The van der Waals surface area contributed by atoms with Crippen molar-refractivity contribution in [3.8, 4) is 0 Å². The molecular weight excluding hydrogens is 244 g/mol. The predicted octanol–water partition coefficient (Wildman–Crippen LogP) is 3.55. The minimum absolute atomic E-state index is 0.592. The van der Waals surface area contributed by atoms with Gasteiger partial charge in [0, 0.05) is 17.6 Å². The van der Waals surface area contributed by atoms with Crippen LogP contribution in [0.2, 0.25) is 5.02 Å². The molecule has 2 nitrogen and oxygen atoms in total. The van der Waals surface area contributed by atoms with E-state index in [1.54, 1.807) is 0 Å². The van der Waals surface area contributed by atoms with Crippen molar-refractivity contribution in [1.82, 2.24) is 10.2 Å². The van der Waals surface area contributed by atoms with Crippen molar-refractivity contribution in [2.75, 3.05) is 20.1 Å². The Balaban J connectivity index is 2.16. The van der Waals surface area contributed by atoms with Crippen LogP contribution < -0.4 is 5.32 Å². The number of nitrogens with zero attached hydrogens (tertiary/aromatic N) is 1. The van der Waals surface area contributed by atoms with Crippen LogP contribution >= 0.6 is 11.6 Å². The van der Waals surface area contributed by atoms with Gasteiger partial charge in [-0.3, -0.25) is 0 Å². The highest BCUT2D eigenvalue weighted by Crippen LogP contribution is 2.12. The molecule has 1 aromatic rings. The second kappa shape index (κ2) is 8.52. The van der Waals surface area contributed by atoms with Gasteiger partial charge in [0.1, 0.15) is 0 Å². The SMILES string of the molecule is CC(C)NCCCCN(C)Cc1cccc(Cl)c1. The summed E-state index contributed by atoms with van der Waals surface area (Å²) >= 11 is 5.98. The Morgan fingerprint density at radius 3 is 2.72 bits per heavy atom. The first-order valence-corrected chi connectivity index (χ1v) is 7.12. The van der Waals surface area contributed by atoms with Gasteiger partial charge in [-0.25, -0.2) is 0 Å². The molecule has 18 heavy (non-hydrogen) atoms. The molecule has 0 bridgehead atoms. The number of unbranched alkanes of at least 4 members (excludes halogenated alkanes) is 1. The van der Waals surface area contributed by atoms with Gasteiger partial charge in [-0.15, -0.1) is 0 Å². The summed E-state index contributed by atoms with van der Waals surface area (Å²) in [6.45, 7) is 7.59. The van der Waals surface area contributed by atoms with E-state index in [0.29, 0.717) is 6.04 Å². The van der Waals surface area contributed by atoms with Gasteiger partial charge in [-0.1, -0.05) is 37.6 Å². The maximum Gasteiger partial charge on any atom is 0.0409 e. The number of hydrogen-bond acceptors (Lipinski definition) is 2. The van der Waals surface area contributed by atoms with Crippen LogP contribution in [0.15, 0.2) is 24.3 Å². The summed E-state index contributed by atoms with van der Waals surface area (Å²) in [7, 11) is 2.16. The molecule has 0 heterocycles. The van der Waals surface area contributed by atoms with Crippen LogP contribution in [0, 0.1) is 0 Å². The van der Waals surface area contributed by atoms with E-state index in [0.717, 1.165) is 24.7 Å². The lowest BCUT2D eigenvalue weighted by atomic mass is 10.2. The summed E-state index contributed by atoms with van der Waals surface area (Å²) in [6.07, 6.45) is 2.47. The molecule has 102 valence electrons. The molecule has 0 saturated heterocycles. The Bertz CT molecular complexity index is 339. The van der Waals surface area contributed by atoms with E-state index >= 15 is 0 Å². The van der Waals surface area contributed by atoms with E-state index in [2.05, 4.69) is 37.2 Å². The lowest BCUT2D eigenvalue weighted by molar-refractivity contribution is 0.317. The molecule has 0 spiro atoms. The molecule has 1 aromatic carbocycles. The fraction of sp³-hybridized carbons (Fsp3) is 0.600. The van der Waals surface area contributed by atoms with E-state index in [-0.39, 0.29) is 0 Å². The molecule has 1 N–H and O–H groups in total. The molecule has 0 amide bonds. The number of halogens is 1. The van der Waals surface area contributed by atoms with Gasteiger partial charge in [0.2, 0.25) is 0 Å². The summed E-state index contributed by atoms with van der Waals surface area (Å²) in [5.41, 5.74) is 1.28. The summed E-state index contributed by atoms with van der Waals surface area (Å²) in [5.74, 6) is 0. The highest BCUT2D eigenvalue weighted by atomic mass is 35.5. The zero-order chi connectivity index (χ0) is 13.4. The van der Waals surface area contributed by atoms with Crippen LogP contribution in [0.1, 0.15) is 32.3 Å². The molecule has 0 aromatic heterocycles. The Morgan fingerprint density at radius 2 is 2.06 bits per heavy atom. The van der Waals surface area contributed by atoms with Gasteiger partial charge in [0.05, 0.1) is 0 Å². The van der Waals surface area contributed by atoms with E-state index in [9.17, 15) is 0 Å². The lowest BCUT2D eigenvalue weighted by Crippen LogP contribution is -2.25.